The van der Waals surface area contributed by atoms with Crippen LogP contribution in [0.4, 0.5) is 0 Å². The molecular formula is C12H17N3O2. The first-order chi connectivity index (χ1) is 8.13. The average Bonchev–Trinajstić information content (AvgIpc) is 2.95. The Morgan fingerprint density at radius 1 is 1.35 bits per heavy atom. The van der Waals surface area contributed by atoms with Crippen molar-refractivity contribution in [3.05, 3.63) is 23.8 Å². The lowest BCUT2D eigenvalue weighted by Crippen LogP contribution is -2.27. The molecule has 0 aromatic carbocycles. The first kappa shape index (κ1) is 11.9. The molecule has 0 fully saturated rings. The van der Waals surface area contributed by atoms with E-state index in [-0.39, 0.29) is 12.0 Å². The maximum absolute atomic E-state index is 5.33. The average molecular weight is 235 g/mol. The fourth-order valence-electron chi connectivity index (χ4n) is 1.58. The van der Waals surface area contributed by atoms with E-state index in [4.69, 9.17) is 8.94 Å². The standard InChI is InChI=1S/C12H17N3O2/c1-7-5-6-16-10(7)11-14-12(17-15-11)8(2)9(3)13-4/h5-6,8-9,13H,1-4H3. The molecule has 2 atom stereocenters. The summed E-state index contributed by atoms with van der Waals surface area (Å²) in [4.78, 5) is 4.37. The fourth-order valence-corrected chi connectivity index (χ4v) is 1.58. The van der Waals surface area contributed by atoms with Gasteiger partial charge in [0.2, 0.25) is 11.7 Å². The number of hydrogen-bond donors (Lipinski definition) is 1. The summed E-state index contributed by atoms with van der Waals surface area (Å²) >= 11 is 0. The van der Waals surface area contributed by atoms with Gasteiger partial charge in [0, 0.05) is 6.04 Å². The highest BCUT2D eigenvalue weighted by Crippen LogP contribution is 2.24. The molecule has 2 rings (SSSR count). The predicted molar refractivity (Wildman–Crippen MR) is 63.7 cm³/mol. The first-order valence-corrected chi connectivity index (χ1v) is 5.68. The Morgan fingerprint density at radius 3 is 2.71 bits per heavy atom. The highest BCUT2D eigenvalue weighted by Gasteiger charge is 2.21. The number of nitrogens with zero attached hydrogens (tertiary/aromatic N) is 2. The third kappa shape index (κ3) is 2.24. The van der Waals surface area contributed by atoms with Gasteiger partial charge in [0.15, 0.2) is 5.76 Å². The van der Waals surface area contributed by atoms with Crippen LogP contribution in [-0.4, -0.2) is 23.2 Å². The van der Waals surface area contributed by atoms with Gasteiger partial charge in [0.05, 0.1) is 12.2 Å². The lowest BCUT2D eigenvalue weighted by Gasteiger charge is -2.14. The molecule has 1 N–H and O–H groups in total. The van der Waals surface area contributed by atoms with Crippen LogP contribution in [0, 0.1) is 6.92 Å². The Morgan fingerprint density at radius 2 is 2.12 bits per heavy atom. The molecule has 0 bridgehead atoms. The molecule has 0 aliphatic heterocycles. The number of nitrogens with one attached hydrogen (secondary N) is 1. The highest BCUT2D eigenvalue weighted by atomic mass is 16.5. The molecule has 5 heteroatoms. The van der Waals surface area contributed by atoms with Gasteiger partial charge in [-0.15, -0.1) is 0 Å². The molecule has 0 aliphatic rings. The molecule has 17 heavy (non-hydrogen) atoms. The van der Waals surface area contributed by atoms with Gasteiger partial charge >= 0.3 is 0 Å². The number of aryl methyl sites for hydroxylation is 1. The summed E-state index contributed by atoms with van der Waals surface area (Å²) in [5, 5.41) is 7.12. The smallest absolute Gasteiger partial charge is 0.238 e. The van der Waals surface area contributed by atoms with Crippen LogP contribution in [0.25, 0.3) is 11.6 Å². The Kier molecular flexibility index (Phi) is 3.28. The minimum Gasteiger partial charge on any atom is -0.461 e. The zero-order valence-corrected chi connectivity index (χ0v) is 10.5. The lowest BCUT2D eigenvalue weighted by molar-refractivity contribution is 0.335. The zero-order valence-electron chi connectivity index (χ0n) is 10.5. The van der Waals surface area contributed by atoms with Gasteiger partial charge in [0.25, 0.3) is 0 Å². The molecular weight excluding hydrogens is 218 g/mol. The Hall–Kier alpha value is -1.62. The van der Waals surface area contributed by atoms with Gasteiger partial charge < -0.3 is 14.3 Å². The van der Waals surface area contributed by atoms with E-state index in [1.54, 1.807) is 6.26 Å². The Labute approximate surface area is 100 Å². The molecule has 0 saturated carbocycles. The van der Waals surface area contributed by atoms with Crippen LogP contribution in [0.3, 0.4) is 0 Å². The summed E-state index contributed by atoms with van der Waals surface area (Å²) < 4.78 is 10.6. The van der Waals surface area contributed by atoms with Gasteiger partial charge in [-0.1, -0.05) is 12.1 Å². The van der Waals surface area contributed by atoms with Crippen molar-refractivity contribution in [1.82, 2.24) is 15.5 Å². The van der Waals surface area contributed by atoms with Gasteiger partial charge in [0.1, 0.15) is 0 Å². The van der Waals surface area contributed by atoms with Gasteiger partial charge in [-0.25, -0.2) is 0 Å². The van der Waals surface area contributed by atoms with E-state index in [1.807, 2.05) is 27.0 Å². The van der Waals surface area contributed by atoms with Gasteiger partial charge in [-0.05, 0) is 32.5 Å². The summed E-state index contributed by atoms with van der Waals surface area (Å²) in [7, 11) is 1.91. The van der Waals surface area contributed by atoms with Gasteiger partial charge in [-0.3, -0.25) is 0 Å². The van der Waals surface area contributed by atoms with Crippen LogP contribution < -0.4 is 5.32 Å². The van der Waals surface area contributed by atoms with Crippen LogP contribution in [0.2, 0.25) is 0 Å². The summed E-state index contributed by atoms with van der Waals surface area (Å²) in [5.74, 6) is 1.97. The molecule has 0 spiro atoms. The monoisotopic (exact) mass is 235 g/mol. The third-order valence-corrected chi connectivity index (χ3v) is 3.10. The number of likely N-dealkylation sites (N-methyl/N-ethyl adjacent to an activating group) is 1. The van der Waals surface area contributed by atoms with Crippen molar-refractivity contribution in [2.24, 2.45) is 0 Å². The van der Waals surface area contributed by atoms with E-state index in [0.717, 1.165) is 5.56 Å². The van der Waals surface area contributed by atoms with E-state index in [9.17, 15) is 0 Å². The van der Waals surface area contributed by atoms with E-state index >= 15 is 0 Å². The molecule has 2 unspecified atom stereocenters. The molecule has 0 radical (unpaired) electrons. The number of furan rings is 1. The summed E-state index contributed by atoms with van der Waals surface area (Å²) in [6, 6.07) is 2.16. The van der Waals surface area contributed by atoms with Crippen LogP contribution in [0.1, 0.15) is 31.2 Å². The van der Waals surface area contributed by atoms with E-state index in [0.29, 0.717) is 17.5 Å². The van der Waals surface area contributed by atoms with Crippen molar-refractivity contribution in [1.29, 1.82) is 0 Å². The first-order valence-electron chi connectivity index (χ1n) is 5.68. The maximum Gasteiger partial charge on any atom is 0.238 e. The second-order valence-electron chi connectivity index (χ2n) is 4.25. The van der Waals surface area contributed by atoms with Crippen LogP contribution in [0.15, 0.2) is 21.3 Å². The van der Waals surface area contributed by atoms with Crippen molar-refractivity contribution < 1.29 is 8.94 Å². The number of rotatable bonds is 4. The molecule has 2 aromatic heterocycles. The van der Waals surface area contributed by atoms with Crippen molar-refractivity contribution in [2.75, 3.05) is 7.05 Å². The van der Waals surface area contributed by atoms with Crippen LogP contribution in [0.5, 0.6) is 0 Å². The lowest BCUT2D eigenvalue weighted by atomic mass is 10.0. The van der Waals surface area contributed by atoms with Gasteiger partial charge in [-0.2, -0.15) is 4.98 Å². The summed E-state index contributed by atoms with van der Waals surface area (Å²) in [5.41, 5.74) is 1.01. The maximum atomic E-state index is 5.33. The highest BCUT2D eigenvalue weighted by molar-refractivity contribution is 5.51. The molecule has 92 valence electrons. The molecule has 0 amide bonds. The largest absolute Gasteiger partial charge is 0.461 e. The van der Waals surface area contributed by atoms with Crippen molar-refractivity contribution in [2.45, 2.75) is 32.7 Å². The van der Waals surface area contributed by atoms with E-state index in [2.05, 4.69) is 22.4 Å². The molecule has 2 aromatic rings. The van der Waals surface area contributed by atoms with Crippen LogP contribution >= 0.6 is 0 Å². The van der Waals surface area contributed by atoms with Crippen molar-refractivity contribution in [3.63, 3.8) is 0 Å². The minimum atomic E-state index is 0.163. The normalized spacial score (nSPS) is 14.8. The third-order valence-electron chi connectivity index (χ3n) is 3.10. The Balaban J connectivity index is 2.25. The number of hydrogen-bond acceptors (Lipinski definition) is 5. The zero-order chi connectivity index (χ0) is 12.4. The molecule has 2 heterocycles. The molecule has 0 saturated heterocycles. The van der Waals surface area contributed by atoms with Crippen molar-refractivity contribution >= 4 is 0 Å². The topological polar surface area (TPSA) is 64.1 Å². The van der Waals surface area contributed by atoms with Crippen molar-refractivity contribution in [3.8, 4) is 11.6 Å². The predicted octanol–water partition coefficient (Wildman–Crippen LogP) is 2.35. The number of aromatic nitrogens is 2. The fraction of sp³-hybridized carbons (Fsp3) is 0.500. The van der Waals surface area contributed by atoms with E-state index in [1.165, 1.54) is 0 Å². The van der Waals surface area contributed by atoms with Crippen LogP contribution in [-0.2, 0) is 0 Å². The quantitative estimate of drug-likeness (QED) is 0.881. The minimum absolute atomic E-state index is 0.163. The van der Waals surface area contributed by atoms with E-state index < -0.39 is 0 Å². The second kappa shape index (κ2) is 4.71. The molecule has 5 nitrogen and oxygen atoms in total. The molecule has 0 aliphatic carbocycles. The summed E-state index contributed by atoms with van der Waals surface area (Å²) in [6.07, 6.45) is 1.63. The second-order valence-corrected chi connectivity index (χ2v) is 4.25. The SMILES string of the molecule is CNC(C)C(C)c1nc(-c2occc2C)no1. The summed E-state index contributed by atoms with van der Waals surface area (Å²) in [6.45, 7) is 6.08. The Bertz CT molecular complexity index is 489.